The number of hydrogen-bond donors (Lipinski definition) is 1. The zero-order valence-electron chi connectivity index (χ0n) is 41.4. The molecule has 0 atom stereocenters. The van der Waals surface area contributed by atoms with Gasteiger partial charge in [0.05, 0.1) is 86.4 Å². The van der Waals surface area contributed by atoms with E-state index in [4.69, 9.17) is 19.2 Å². The van der Waals surface area contributed by atoms with Crippen molar-refractivity contribution in [1.82, 2.24) is 0 Å². The normalized spacial score (nSPS) is 11.8. The van der Waals surface area contributed by atoms with Gasteiger partial charge in [-0.25, -0.2) is 0 Å². The van der Waals surface area contributed by atoms with Crippen molar-refractivity contribution in [3.63, 3.8) is 0 Å². The summed E-state index contributed by atoms with van der Waals surface area (Å²) in [4.78, 5) is 24.3. The van der Waals surface area contributed by atoms with Crippen molar-refractivity contribution < 1.29 is 38.2 Å². The first-order valence-corrected chi connectivity index (χ1v) is 26.5. The molecule has 0 rings (SSSR count). The van der Waals surface area contributed by atoms with Gasteiger partial charge in [-0.1, -0.05) is 160 Å². The fourth-order valence-electron chi connectivity index (χ4n) is 7.93. The maximum Gasteiger partial charge on any atom is 0.0786 e. The zero-order chi connectivity index (χ0) is 43.5. The third-order valence-electron chi connectivity index (χ3n) is 11.8. The SMILES string of the molecule is CCCC[N+](CCCC)(CCCC)CCCC.CCCC[N+](CCCC)(CCCC)CCCC.CCCC[N+](CCCC)(CCCC)CCCC.O=P([O-])([O-])O.[OH-]. The Morgan fingerprint density at radius 1 is 0.298 bits per heavy atom. The largest absolute Gasteiger partial charge is 0.870 e. The van der Waals surface area contributed by atoms with Crippen LogP contribution in [-0.4, -0.2) is 102 Å². The van der Waals surface area contributed by atoms with E-state index in [-0.39, 0.29) is 5.48 Å². The monoisotopic (exact) mass is 840 g/mol. The minimum absolute atomic E-state index is 0. The van der Waals surface area contributed by atoms with Gasteiger partial charge in [-0.2, -0.15) is 0 Å². The minimum Gasteiger partial charge on any atom is -0.870 e. The lowest BCUT2D eigenvalue weighted by Gasteiger charge is -2.39. The standard InChI is InChI=1S/3C16H36N.H3O4P.H2O/c3*1-5-9-13-17(14-10-6-2,15-11-7-3)16-12-8-4;1-5(2,3)4;/h3*5-16H2,1-4H3;(H3,1,2,3,4);1H2/q3*+1;;/p-3. The van der Waals surface area contributed by atoms with Crippen molar-refractivity contribution in [2.75, 3.05) is 78.5 Å². The Morgan fingerprint density at radius 2 is 0.368 bits per heavy atom. The quantitative estimate of drug-likeness (QED) is 0.0498. The molecule has 0 aromatic carbocycles. The van der Waals surface area contributed by atoms with Gasteiger partial charge in [0.1, 0.15) is 0 Å². The Labute approximate surface area is 360 Å². The molecule has 0 saturated carbocycles. The topological polar surface area (TPSA) is 113 Å². The molecular weight excluding hydrogens is 730 g/mol. The van der Waals surface area contributed by atoms with Crippen LogP contribution < -0.4 is 9.79 Å². The highest BCUT2D eigenvalue weighted by atomic mass is 31.2. The minimum atomic E-state index is -5.14. The second kappa shape index (κ2) is 47.0. The molecule has 0 unspecified atom stereocenters. The third-order valence-corrected chi connectivity index (χ3v) is 11.8. The van der Waals surface area contributed by atoms with Crippen molar-refractivity contribution in [3.8, 4) is 0 Å². The van der Waals surface area contributed by atoms with Gasteiger partial charge >= 0.3 is 0 Å². The molecule has 9 heteroatoms. The van der Waals surface area contributed by atoms with Gasteiger partial charge in [-0.3, -0.25) is 0 Å². The molecule has 0 aromatic rings. The maximum atomic E-state index is 8.66. The molecule has 352 valence electrons. The van der Waals surface area contributed by atoms with Crippen LogP contribution in [0.15, 0.2) is 0 Å². The van der Waals surface area contributed by atoms with Crippen molar-refractivity contribution >= 4 is 7.82 Å². The number of hydrogen-bond acceptors (Lipinski definition) is 4. The van der Waals surface area contributed by atoms with E-state index in [0.29, 0.717) is 0 Å². The van der Waals surface area contributed by atoms with Crippen LogP contribution in [-0.2, 0) is 4.57 Å². The fourth-order valence-corrected chi connectivity index (χ4v) is 7.93. The third kappa shape index (κ3) is 45.3. The Balaban J connectivity index is -0.000000221. The van der Waals surface area contributed by atoms with Crippen LogP contribution in [0.1, 0.15) is 237 Å². The smallest absolute Gasteiger partial charge is 0.0786 e. The van der Waals surface area contributed by atoms with Crippen LogP contribution in [0, 0.1) is 0 Å². The highest BCUT2D eigenvalue weighted by Crippen LogP contribution is 2.19. The van der Waals surface area contributed by atoms with E-state index in [1.54, 1.807) is 0 Å². The van der Waals surface area contributed by atoms with Gasteiger partial charge in [0.15, 0.2) is 0 Å². The molecule has 0 aliphatic carbocycles. The predicted molar refractivity (Wildman–Crippen MR) is 250 cm³/mol. The summed E-state index contributed by atoms with van der Waals surface area (Å²) in [6.07, 6.45) is 33.2. The molecule has 0 radical (unpaired) electrons. The summed E-state index contributed by atoms with van der Waals surface area (Å²) in [5.74, 6) is 0. The van der Waals surface area contributed by atoms with Gasteiger partial charge in [-0.05, 0) is 77.0 Å². The fraction of sp³-hybridized carbons (Fsp3) is 1.00. The number of phosphoric acid groups is 1. The van der Waals surface area contributed by atoms with Gasteiger partial charge in [0, 0.05) is 0 Å². The van der Waals surface area contributed by atoms with Crippen molar-refractivity contribution in [3.05, 3.63) is 0 Å². The lowest BCUT2D eigenvalue weighted by Crippen LogP contribution is -2.50. The van der Waals surface area contributed by atoms with E-state index in [0.717, 1.165) is 0 Å². The van der Waals surface area contributed by atoms with E-state index in [9.17, 15) is 0 Å². The van der Waals surface area contributed by atoms with Gasteiger partial charge in [0.25, 0.3) is 0 Å². The van der Waals surface area contributed by atoms with Crippen LogP contribution in [0.3, 0.4) is 0 Å². The lowest BCUT2D eigenvalue weighted by molar-refractivity contribution is -0.929. The summed E-state index contributed by atoms with van der Waals surface area (Å²) >= 11 is 0. The molecule has 2 N–H and O–H groups in total. The number of quaternary nitrogens is 3. The molecule has 8 nitrogen and oxygen atoms in total. The molecule has 0 bridgehead atoms. The zero-order valence-corrected chi connectivity index (χ0v) is 42.3. The number of unbranched alkanes of at least 4 members (excludes halogenated alkanes) is 12. The first-order chi connectivity index (χ1) is 26.7. The predicted octanol–water partition coefficient (Wildman–Crippen LogP) is 12.6. The number of rotatable bonds is 36. The molecule has 0 aromatic heterocycles. The summed E-state index contributed by atoms with van der Waals surface area (Å²) in [5, 5.41) is 0. The highest BCUT2D eigenvalue weighted by molar-refractivity contribution is 7.42. The molecule has 0 amide bonds. The average Bonchev–Trinajstić information content (AvgIpc) is 3.19. The maximum absolute atomic E-state index is 8.66. The molecule has 0 saturated heterocycles. The van der Waals surface area contributed by atoms with Crippen LogP contribution in [0.5, 0.6) is 0 Å². The van der Waals surface area contributed by atoms with Crippen molar-refractivity contribution in [1.29, 1.82) is 0 Å². The van der Waals surface area contributed by atoms with E-state index in [2.05, 4.69) is 83.1 Å². The van der Waals surface area contributed by atoms with Crippen molar-refractivity contribution in [2.45, 2.75) is 237 Å². The van der Waals surface area contributed by atoms with Gasteiger partial charge in [0.2, 0.25) is 0 Å². The van der Waals surface area contributed by atoms with E-state index in [1.807, 2.05) is 0 Å². The summed E-state index contributed by atoms with van der Waals surface area (Å²) < 4.78 is 12.9. The summed E-state index contributed by atoms with van der Waals surface area (Å²) in [6, 6.07) is 0. The highest BCUT2D eigenvalue weighted by Gasteiger charge is 2.26. The van der Waals surface area contributed by atoms with Crippen LogP contribution in [0.2, 0.25) is 0 Å². The first-order valence-electron chi connectivity index (χ1n) is 25.0. The Kier molecular flexibility index (Phi) is 54.5. The second-order valence-electron chi connectivity index (χ2n) is 17.4. The molecule has 0 fully saturated rings. The summed E-state index contributed by atoms with van der Waals surface area (Å²) in [6.45, 7) is 45.1. The van der Waals surface area contributed by atoms with E-state index >= 15 is 0 Å². The summed E-state index contributed by atoms with van der Waals surface area (Å²) in [5.41, 5.74) is 0. The number of nitrogens with zero attached hydrogens (tertiary/aromatic N) is 3. The van der Waals surface area contributed by atoms with Crippen LogP contribution in [0.25, 0.3) is 0 Å². The molecule has 57 heavy (non-hydrogen) atoms. The van der Waals surface area contributed by atoms with Gasteiger partial charge < -0.3 is 38.2 Å². The van der Waals surface area contributed by atoms with Crippen molar-refractivity contribution in [2.24, 2.45) is 0 Å². The van der Waals surface area contributed by atoms with Crippen LogP contribution in [0.4, 0.5) is 0 Å². The summed E-state index contributed by atoms with van der Waals surface area (Å²) in [7, 11) is -5.14. The Hall–Kier alpha value is -0.0500. The molecular formula is C48H110N3O5P. The molecule has 0 spiro atoms. The Bertz CT molecular complexity index is 592. The molecule has 0 heterocycles. The first kappa shape index (κ1) is 66.1. The molecule has 0 aliphatic heterocycles. The van der Waals surface area contributed by atoms with Gasteiger partial charge in [-0.15, -0.1) is 0 Å². The Morgan fingerprint density at radius 3 is 0.421 bits per heavy atom. The van der Waals surface area contributed by atoms with E-state index < -0.39 is 7.82 Å². The van der Waals surface area contributed by atoms with Crippen LogP contribution >= 0.6 is 7.82 Å². The second-order valence-corrected chi connectivity index (χ2v) is 18.4. The van der Waals surface area contributed by atoms with E-state index in [1.165, 1.54) is 246 Å². The lowest BCUT2D eigenvalue weighted by atomic mass is 10.1. The average molecular weight is 840 g/mol. The molecule has 0 aliphatic rings.